The van der Waals surface area contributed by atoms with Crippen LogP contribution >= 0.6 is 15.9 Å². The number of anilines is 2. The van der Waals surface area contributed by atoms with Gasteiger partial charge in [0.15, 0.2) is 0 Å². The molecule has 0 aliphatic carbocycles. The Morgan fingerprint density at radius 1 is 1.24 bits per heavy atom. The van der Waals surface area contributed by atoms with E-state index in [2.05, 4.69) is 20.7 Å². The summed E-state index contributed by atoms with van der Waals surface area (Å²) in [5, 5.41) is 8.98. The standard InChI is InChI=1S/C13H9BrFN3O2S/c14-9-1-4-13(11(15)6-9)21(19,20)18-12-3-2-10(17)5-8(12)7-16/h1-6,18H,17H2. The molecule has 0 atom stereocenters. The number of hydrogen-bond donors (Lipinski definition) is 2. The van der Waals surface area contributed by atoms with Gasteiger partial charge in [0.2, 0.25) is 0 Å². The van der Waals surface area contributed by atoms with Crippen molar-refractivity contribution in [1.29, 1.82) is 5.26 Å². The van der Waals surface area contributed by atoms with Gasteiger partial charge in [0.1, 0.15) is 16.8 Å². The molecule has 0 fully saturated rings. The van der Waals surface area contributed by atoms with E-state index in [0.29, 0.717) is 10.2 Å². The number of nitrogen functional groups attached to an aromatic ring is 1. The van der Waals surface area contributed by atoms with Gasteiger partial charge in [-0.2, -0.15) is 5.26 Å². The summed E-state index contributed by atoms with van der Waals surface area (Å²) in [5.74, 6) is -0.897. The molecule has 0 heterocycles. The van der Waals surface area contributed by atoms with Gasteiger partial charge in [-0.25, -0.2) is 12.8 Å². The number of nitrogens with two attached hydrogens (primary N) is 1. The first-order chi connectivity index (χ1) is 9.83. The molecule has 2 aromatic carbocycles. The minimum atomic E-state index is -4.14. The fourth-order valence-electron chi connectivity index (χ4n) is 1.64. The molecular formula is C13H9BrFN3O2S. The summed E-state index contributed by atoms with van der Waals surface area (Å²) >= 11 is 3.05. The van der Waals surface area contributed by atoms with Crippen molar-refractivity contribution in [3.8, 4) is 6.07 Å². The molecule has 5 nitrogen and oxygen atoms in total. The highest BCUT2D eigenvalue weighted by atomic mass is 79.9. The maximum Gasteiger partial charge on any atom is 0.264 e. The molecular weight excluding hydrogens is 361 g/mol. The number of hydrogen-bond acceptors (Lipinski definition) is 4. The van der Waals surface area contributed by atoms with Crippen LogP contribution in [0.2, 0.25) is 0 Å². The molecule has 2 aromatic rings. The highest BCUT2D eigenvalue weighted by Gasteiger charge is 2.20. The highest BCUT2D eigenvalue weighted by Crippen LogP contribution is 2.24. The van der Waals surface area contributed by atoms with Gasteiger partial charge in [-0.15, -0.1) is 0 Å². The first-order valence-electron chi connectivity index (χ1n) is 5.61. The summed E-state index contributed by atoms with van der Waals surface area (Å²) in [6.45, 7) is 0. The number of nitrogens with one attached hydrogen (secondary N) is 1. The van der Waals surface area contributed by atoms with Crippen molar-refractivity contribution in [3.05, 3.63) is 52.3 Å². The number of halogens is 2. The largest absolute Gasteiger partial charge is 0.399 e. The molecule has 0 unspecified atom stereocenters. The van der Waals surface area contributed by atoms with Crippen molar-refractivity contribution < 1.29 is 12.8 Å². The second-order valence-corrected chi connectivity index (χ2v) is 6.66. The van der Waals surface area contributed by atoms with Crippen LogP contribution in [0, 0.1) is 17.1 Å². The van der Waals surface area contributed by atoms with Crippen LogP contribution in [0.15, 0.2) is 45.8 Å². The van der Waals surface area contributed by atoms with E-state index in [1.807, 2.05) is 6.07 Å². The molecule has 3 N–H and O–H groups in total. The van der Waals surface area contributed by atoms with Crippen LogP contribution in [0.25, 0.3) is 0 Å². The summed E-state index contributed by atoms with van der Waals surface area (Å²) in [5.41, 5.74) is 5.94. The molecule has 0 saturated carbocycles. The lowest BCUT2D eigenvalue weighted by Gasteiger charge is -2.10. The Hall–Kier alpha value is -2.11. The van der Waals surface area contributed by atoms with Gasteiger partial charge in [0.05, 0.1) is 11.3 Å². The van der Waals surface area contributed by atoms with E-state index in [9.17, 15) is 12.8 Å². The third-order valence-electron chi connectivity index (χ3n) is 2.59. The third-order valence-corrected chi connectivity index (χ3v) is 4.48. The van der Waals surface area contributed by atoms with Crippen LogP contribution in [0.3, 0.4) is 0 Å². The average Bonchev–Trinajstić information content (AvgIpc) is 2.40. The number of rotatable bonds is 3. The topological polar surface area (TPSA) is 96.0 Å². The Morgan fingerprint density at radius 3 is 2.57 bits per heavy atom. The zero-order chi connectivity index (χ0) is 15.6. The quantitative estimate of drug-likeness (QED) is 0.812. The monoisotopic (exact) mass is 369 g/mol. The lowest BCUT2D eigenvalue weighted by molar-refractivity contribution is 0.570. The maximum atomic E-state index is 13.8. The van der Waals surface area contributed by atoms with E-state index < -0.39 is 20.7 Å². The maximum absolute atomic E-state index is 13.8. The lowest BCUT2D eigenvalue weighted by atomic mass is 10.2. The fourth-order valence-corrected chi connectivity index (χ4v) is 3.11. The minimum absolute atomic E-state index is 0.0361. The predicted molar refractivity (Wildman–Crippen MR) is 80.5 cm³/mol. The molecule has 0 spiro atoms. The van der Waals surface area contributed by atoms with Crippen LogP contribution in [0.5, 0.6) is 0 Å². The van der Waals surface area contributed by atoms with Crippen LogP contribution in [-0.4, -0.2) is 8.42 Å². The SMILES string of the molecule is N#Cc1cc(N)ccc1NS(=O)(=O)c1ccc(Br)cc1F. The summed E-state index contributed by atoms with van der Waals surface area (Å²) < 4.78 is 40.7. The van der Waals surface area contributed by atoms with E-state index in [4.69, 9.17) is 11.0 Å². The molecule has 2 rings (SSSR count). The number of sulfonamides is 1. The van der Waals surface area contributed by atoms with Gasteiger partial charge < -0.3 is 5.73 Å². The van der Waals surface area contributed by atoms with Crippen LogP contribution in [0.4, 0.5) is 15.8 Å². The van der Waals surface area contributed by atoms with E-state index >= 15 is 0 Å². The molecule has 21 heavy (non-hydrogen) atoms. The third kappa shape index (κ3) is 3.32. The Labute approximate surface area is 129 Å². The van der Waals surface area contributed by atoms with E-state index in [0.717, 1.165) is 12.1 Å². The van der Waals surface area contributed by atoms with E-state index in [1.54, 1.807) is 0 Å². The van der Waals surface area contributed by atoms with E-state index in [-0.39, 0.29) is 11.3 Å². The van der Waals surface area contributed by atoms with Crippen LogP contribution in [0.1, 0.15) is 5.56 Å². The molecule has 0 aliphatic heterocycles. The van der Waals surface area contributed by atoms with Crippen LogP contribution < -0.4 is 10.5 Å². The van der Waals surface area contributed by atoms with Crippen molar-refractivity contribution in [3.63, 3.8) is 0 Å². The number of benzene rings is 2. The first kappa shape index (κ1) is 15.3. The van der Waals surface area contributed by atoms with Crippen LogP contribution in [-0.2, 0) is 10.0 Å². The van der Waals surface area contributed by atoms with Crippen molar-refractivity contribution >= 4 is 37.3 Å². The molecule has 0 radical (unpaired) electrons. The Morgan fingerprint density at radius 2 is 1.95 bits per heavy atom. The predicted octanol–water partition coefficient (Wildman–Crippen LogP) is 2.84. The smallest absolute Gasteiger partial charge is 0.264 e. The fraction of sp³-hybridized carbons (Fsp3) is 0. The first-order valence-corrected chi connectivity index (χ1v) is 7.88. The van der Waals surface area contributed by atoms with Crippen molar-refractivity contribution in [2.45, 2.75) is 4.90 Å². The molecule has 108 valence electrons. The summed E-state index contributed by atoms with van der Waals surface area (Å²) in [6, 6.07) is 9.53. The summed E-state index contributed by atoms with van der Waals surface area (Å²) in [7, 11) is -4.14. The Bertz CT molecular complexity index is 847. The highest BCUT2D eigenvalue weighted by molar-refractivity contribution is 9.10. The zero-order valence-electron chi connectivity index (χ0n) is 10.5. The van der Waals surface area contributed by atoms with Gasteiger partial charge in [0.25, 0.3) is 10.0 Å². The van der Waals surface area contributed by atoms with E-state index in [1.165, 1.54) is 24.3 Å². The molecule has 0 aliphatic rings. The Kier molecular flexibility index (Phi) is 4.16. The van der Waals surface area contributed by atoms with Crippen molar-refractivity contribution in [2.75, 3.05) is 10.5 Å². The van der Waals surface area contributed by atoms with Crippen molar-refractivity contribution in [2.24, 2.45) is 0 Å². The average molecular weight is 370 g/mol. The zero-order valence-corrected chi connectivity index (χ0v) is 12.9. The number of nitrogens with zero attached hydrogens (tertiary/aromatic N) is 1. The summed E-state index contributed by atoms with van der Waals surface area (Å²) in [4.78, 5) is -0.508. The second-order valence-electron chi connectivity index (χ2n) is 4.10. The minimum Gasteiger partial charge on any atom is -0.399 e. The van der Waals surface area contributed by atoms with Gasteiger partial charge in [0, 0.05) is 10.2 Å². The number of nitriles is 1. The second kappa shape index (κ2) is 5.71. The molecule has 0 saturated heterocycles. The molecule has 0 bridgehead atoms. The van der Waals surface area contributed by atoms with Gasteiger partial charge >= 0.3 is 0 Å². The molecule has 0 aromatic heterocycles. The molecule has 8 heteroatoms. The van der Waals surface area contributed by atoms with Crippen molar-refractivity contribution in [1.82, 2.24) is 0 Å². The normalized spacial score (nSPS) is 10.9. The van der Waals surface area contributed by atoms with Gasteiger partial charge in [-0.3, -0.25) is 4.72 Å². The molecule has 0 amide bonds. The summed E-state index contributed by atoms with van der Waals surface area (Å²) in [6.07, 6.45) is 0. The lowest BCUT2D eigenvalue weighted by Crippen LogP contribution is -2.15. The Balaban J connectivity index is 2.45. The van der Waals surface area contributed by atoms with Gasteiger partial charge in [-0.1, -0.05) is 15.9 Å². The van der Waals surface area contributed by atoms with Gasteiger partial charge in [-0.05, 0) is 36.4 Å².